The van der Waals surface area contributed by atoms with Crippen molar-refractivity contribution in [3.05, 3.63) is 50.9 Å². The van der Waals surface area contributed by atoms with Crippen molar-refractivity contribution >= 4 is 17.1 Å². The van der Waals surface area contributed by atoms with E-state index in [1.54, 1.807) is 7.05 Å². The molecule has 32 heavy (non-hydrogen) atoms. The summed E-state index contributed by atoms with van der Waals surface area (Å²) in [6, 6.07) is 5.44. The fraction of sp³-hybridized carbons (Fsp3) is 0.455. The van der Waals surface area contributed by atoms with E-state index >= 15 is 0 Å². The summed E-state index contributed by atoms with van der Waals surface area (Å²) in [4.78, 5) is 41.8. The number of hydrogen-bond donors (Lipinski definition) is 1. The van der Waals surface area contributed by atoms with Gasteiger partial charge in [0.05, 0.1) is 25.6 Å². The van der Waals surface area contributed by atoms with Crippen LogP contribution in [0.1, 0.15) is 31.9 Å². The predicted molar refractivity (Wildman–Crippen MR) is 118 cm³/mol. The first-order valence-corrected chi connectivity index (χ1v) is 10.6. The van der Waals surface area contributed by atoms with Gasteiger partial charge in [-0.15, -0.1) is 0 Å². The van der Waals surface area contributed by atoms with Crippen LogP contribution < -0.4 is 26.0 Å². The number of aromatic nitrogens is 4. The van der Waals surface area contributed by atoms with Gasteiger partial charge in [0.15, 0.2) is 22.7 Å². The van der Waals surface area contributed by atoms with E-state index in [1.165, 1.54) is 22.5 Å². The molecule has 0 saturated heterocycles. The van der Waals surface area contributed by atoms with Crippen LogP contribution in [0, 0.1) is 5.92 Å². The molecule has 0 aliphatic carbocycles. The number of nitrogens with one attached hydrogen (secondary N) is 1. The highest BCUT2D eigenvalue weighted by Crippen LogP contribution is 2.34. The first-order chi connectivity index (χ1) is 15.3. The Kier molecular flexibility index (Phi) is 5.77. The molecule has 0 radical (unpaired) electrons. The summed E-state index contributed by atoms with van der Waals surface area (Å²) in [6.07, 6.45) is 2.22. The fourth-order valence-electron chi connectivity index (χ4n) is 3.90. The highest BCUT2D eigenvalue weighted by molar-refractivity contribution is 5.79. The second-order valence-electron chi connectivity index (χ2n) is 8.30. The fourth-order valence-corrected chi connectivity index (χ4v) is 3.90. The summed E-state index contributed by atoms with van der Waals surface area (Å²) in [6.45, 7) is 5.14. The Bertz CT molecular complexity index is 1290. The number of carbonyl (C=O) groups is 1. The van der Waals surface area contributed by atoms with Gasteiger partial charge in [-0.25, -0.2) is 9.78 Å². The Morgan fingerprint density at radius 1 is 1.12 bits per heavy atom. The van der Waals surface area contributed by atoms with E-state index in [4.69, 9.17) is 9.47 Å². The minimum Gasteiger partial charge on any atom is -0.490 e. The van der Waals surface area contributed by atoms with Crippen molar-refractivity contribution < 1.29 is 14.3 Å². The standard InChI is InChI=1S/C22H27N5O5/c1-13(2)18(14-6-7-15-16(10-14)32-9-5-8-31-15)24-17(28)11-27-12-23-20-19(27)21(29)26(4)22(30)25(20)3/h6-7,10,12-13,18H,5,8-9,11H2,1-4H3,(H,24,28)/t18-/m0/s1. The number of imidazole rings is 1. The Morgan fingerprint density at radius 3 is 2.56 bits per heavy atom. The number of aryl methyl sites for hydroxylation is 1. The topological polar surface area (TPSA) is 109 Å². The average Bonchev–Trinajstić information content (AvgIpc) is 3.03. The molecule has 10 nitrogen and oxygen atoms in total. The van der Waals surface area contributed by atoms with Crippen LogP contribution in [-0.2, 0) is 25.4 Å². The molecule has 0 spiro atoms. The SMILES string of the molecule is CC(C)[C@H](NC(=O)Cn1cnc2c1c(=O)n(C)c(=O)n2C)c1ccc2c(c1)OCCCO2. The van der Waals surface area contributed by atoms with Crippen LogP contribution in [0.25, 0.3) is 11.2 Å². The minimum atomic E-state index is -0.489. The van der Waals surface area contributed by atoms with Crippen LogP contribution in [0.4, 0.5) is 0 Å². The normalized spacial score (nSPS) is 14.4. The highest BCUT2D eigenvalue weighted by Gasteiger charge is 2.22. The second-order valence-corrected chi connectivity index (χ2v) is 8.30. The molecular weight excluding hydrogens is 414 g/mol. The molecule has 0 bridgehead atoms. The van der Waals surface area contributed by atoms with Crippen LogP contribution in [0.3, 0.4) is 0 Å². The molecule has 2 aromatic heterocycles. The zero-order valence-corrected chi connectivity index (χ0v) is 18.6. The predicted octanol–water partition coefficient (Wildman–Crippen LogP) is 1.11. The number of benzene rings is 1. The Balaban J connectivity index is 1.60. The van der Waals surface area contributed by atoms with Gasteiger partial charge in [0.25, 0.3) is 5.56 Å². The molecule has 1 aromatic carbocycles. The maximum absolute atomic E-state index is 12.9. The molecule has 4 rings (SSSR count). The van der Waals surface area contributed by atoms with Crippen molar-refractivity contribution in [2.45, 2.75) is 32.9 Å². The quantitative estimate of drug-likeness (QED) is 0.635. The zero-order valence-electron chi connectivity index (χ0n) is 18.6. The van der Waals surface area contributed by atoms with Crippen LogP contribution in [0.5, 0.6) is 11.5 Å². The lowest BCUT2D eigenvalue weighted by Gasteiger charge is -2.24. The third-order valence-corrected chi connectivity index (χ3v) is 5.64. The highest BCUT2D eigenvalue weighted by atomic mass is 16.5. The molecule has 10 heteroatoms. The molecule has 1 aliphatic heterocycles. The van der Waals surface area contributed by atoms with E-state index in [0.717, 1.165) is 16.6 Å². The molecule has 1 N–H and O–H groups in total. The molecule has 1 amide bonds. The van der Waals surface area contributed by atoms with Crippen molar-refractivity contribution in [2.24, 2.45) is 20.0 Å². The first kappa shape index (κ1) is 21.7. The number of fused-ring (bicyclic) bond motifs is 2. The number of carbonyl (C=O) groups excluding carboxylic acids is 1. The molecule has 1 atom stereocenters. The smallest absolute Gasteiger partial charge is 0.332 e. The first-order valence-electron chi connectivity index (χ1n) is 10.6. The summed E-state index contributed by atoms with van der Waals surface area (Å²) in [7, 11) is 2.95. The summed E-state index contributed by atoms with van der Waals surface area (Å²) in [5.41, 5.74) is 0.408. The molecule has 0 saturated carbocycles. The van der Waals surface area contributed by atoms with E-state index in [-0.39, 0.29) is 35.6 Å². The van der Waals surface area contributed by atoms with Gasteiger partial charge in [-0.2, -0.15) is 0 Å². The van der Waals surface area contributed by atoms with Gasteiger partial charge in [0.2, 0.25) is 5.91 Å². The van der Waals surface area contributed by atoms with Crippen molar-refractivity contribution in [3.63, 3.8) is 0 Å². The minimum absolute atomic E-state index is 0.0995. The summed E-state index contributed by atoms with van der Waals surface area (Å²) < 4.78 is 15.3. The summed E-state index contributed by atoms with van der Waals surface area (Å²) >= 11 is 0. The lowest BCUT2D eigenvalue weighted by atomic mass is 9.95. The van der Waals surface area contributed by atoms with Crippen LogP contribution >= 0.6 is 0 Å². The van der Waals surface area contributed by atoms with Crippen molar-refractivity contribution in [1.29, 1.82) is 0 Å². The second kappa shape index (κ2) is 8.52. The molecule has 3 heterocycles. The number of ether oxygens (including phenoxy) is 2. The molecular formula is C22H27N5O5. The average molecular weight is 441 g/mol. The molecule has 0 unspecified atom stereocenters. The van der Waals surface area contributed by atoms with Crippen molar-refractivity contribution in [2.75, 3.05) is 13.2 Å². The van der Waals surface area contributed by atoms with E-state index in [2.05, 4.69) is 10.3 Å². The Morgan fingerprint density at radius 2 is 1.84 bits per heavy atom. The Hall–Kier alpha value is -3.56. The van der Waals surface area contributed by atoms with Crippen molar-refractivity contribution in [1.82, 2.24) is 24.0 Å². The van der Waals surface area contributed by atoms with Crippen LogP contribution in [-0.4, -0.2) is 37.8 Å². The molecule has 170 valence electrons. The van der Waals surface area contributed by atoms with Gasteiger partial charge >= 0.3 is 5.69 Å². The summed E-state index contributed by atoms with van der Waals surface area (Å²) in [5, 5.41) is 3.06. The van der Waals surface area contributed by atoms with Crippen LogP contribution in [0.2, 0.25) is 0 Å². The van der Waals surface area contributed by atoms with Gasteiger partial charge in [-0.1, -0.05) is 19.9 Å². The molecule has 0 fully saturated rings. The van der Waals surface area contributed by atoms with Gasteiger partial charge in [-0.3, -0.25) is 18.7 Å². The summed E-state index contributed by atoms with van der Waals surface area (Å²) in [5.74, 6) is 1.21. The van der Waals surface area contributed by atoms with Crippen molar-refractivity contribution in [3.8, 4) is 11.5 Å². The maximum atomic E-state index is 12.9. The van der Waals surface area contributed by atoms with E-state index in [0.29, 0.717) is 24.7 Å². The third kappa shape index (κ3) is 3.88. The van der Waals surface area contributed by atoms with Gasteiger partial charge < -0.3 is 19.4 Å². The van der Waals surface area contributed by atoms with E-state index in [9.17, 15) is 14.4 Å². The van der Waals surface area contributed by atoms with Gasteiger partial charge in [-0.05, 0) is 23.6 Å². The number of rotatable bonds is 5. The van der Waals surface area contributed by atoms with E-state index in [1.807, 2.05) is 32.0 Å². The Labute approximate surface area is 184 Å². The number of hydrogen-bond acceptors (Lipinski definition) is 6. The monoisotopic (exact) mass is 441 g/mol. The number of amides is 1. The van der Waals surface area contributed by atoms with Gasteiger partial charge in [0, 0.05) is 20.5 Å². The largest absolute Gasteiger partial charge is 0.490 e. The third-order valence-electron chi connectivity index (χ3n) is 5.64. The van der Waals surface area contributed by atoms with E-state index < -0.39 is 11.2 Å². The van der Waals surface area contributed by atoms with Crippen LogP contribution in [0.15, 0.2) is 34.1 Å². The molecule has 3 aromatic rings. The molecule has 1 aliphatic rings. The maximum Gasteiger partial charge on any atom is 0.332 e. The van der Waals surface area contributed by atoms with Gasteiger partial charge in [0.1, 0.15) is 6.54 Å². The lowest BCUT2D eigenvalue weighted by Crippen LogP contribution is -2.38. The zero-order chi connectivity index (χ0) is 23.0. The lowest BCUT2D eigenvalue weighted by molar-refractivity contribution is -0.122. The number of nitrogens with zero attached hydrogens (tertiary/aromatic N) is 4.